The van der Waals surface area contributed by atoms with E-state index in [1.54, 1.807) is 0 Å². The van der Waals surface area contributed by atoms with E-state index in [0.29, 0.717) is 0 Å². The molecule has 0 saturated carbocycles. The van der Waals surface area contributed by atoms with E-state index in [9.17, 15) is 0 Å². The van der Waals surface area contributed by atoms with Gasteiger partial charge >= 0.3 is 0 Å². The first-order valence-corrected chi connectivity index (χ1v) is 6.98. The van der Waals surface area contributed by atoms with E-state index in [1.165, 1.54) is 11.1 Å². The number of hydrogen-bond acceptors (Lipinski definition) is 3. The second kappa shape index (κ2) is 5.19. The summed E-state index contributed by atoms with van der Waals surface area (Å²) in [7, 11) is 2.04. The molecule has 0 bridgehead atoms. The number of hydrogen-bond donors (Lipinski definition) is 1. The summed E-state index contributed by atoms with van der Waals surface area (Å²) in [6.45, 7) is 10.4. The highest BCUT2D eigenvalue weighted by Gasteiger charge is 2.20. The number of nitrogens with zero attached hydrogens (tertiary/aromatic N) is 3. The van der Waals surface area contributed by atoms with Crippen LogP contribution >= 0.6 is 0 Å². The fourth-order valence-corrected chi connectivity index (χ4v) is 2.54. The lowest BCUT2D eigenvalue weighted by atomic mass is 10.1. The molecule has 1 heterocycles. The molecule has 108 valence electrons. The van der Waals surface area contributed by atoms with Gasteiger partial charge < -0.3 is 10.6 Å². The molecule has 0 spiro atoms. The molecule has 0 amide bonds. The molecule has 2 rings (SSSR count). The topological polar surface area (TPSA) is 47.1 Å². The molecule has 4 nitrogen and oxygen atoms in total. The number of aryl methyl sites for hydroxylation is 3. The average Bonchev–Trinajstić information content (AvgIpc) is 2.65. The first kappa shape index (κ1) is 14.4. The van der Waals surface area contributed by atoms with Crippen LogP contribution in [0.1, 0.15) is 36.7 Å². The van der Waals surface area contributed by atoms with Crippen molar-refractivity contribution in [2.75, 3.05) is 17.7 Å². The third-order valence-electron chi connectivity index (χ3n) is 3.63. The van der Waals surface area contributed by atoms with Gasteiger partial charge in [0.15, 0.2) is 5.82 Å². The first-order valence-electron chi connectivity index (χ1n) is 6.98. The highest BCUT2D eigenvalue weighted by atomic mass is 15.4. The van der Waals surface area contributed by atoms with Crippen molar-refractivity contribution in [1.82, 2.24) is 9.78 Å². The van der Waals surface area contributed by atoms with Gasteiger partial charge in [-0.3, -0.25) is 0 Å². The van der Waals surface area contributed by atoms with E-state index in [2.05, 4.69) is 55.9 Å². The van der Waals surface area contributed by atoms with E-state index in [4.69, 9.17) is 5.73 Å². The number of rotatable bonds is 3. The van der Waals surface area contributed by atoms with Crippen molar-refractivity contribution >= 4 is 17.2 Å². The maximum atomic E-state index is 6.23. The third kappa shape index (κ3) is 2.38. The van der Waals surface area contributed by atoms with E-state index in [0.717, 1.165) is 22.9 Å². The maximum Gasteiger partial charge on any atom is 0.155 e. The van der Waals surface area contributed by atoms with Crippen LogP contribution in [0, 0.1) is 20.8 Å². The van der Waals surface area contributed by atoms with E-state index >= 15 is 0 Å². The number of nitrogens with two attached hydrogens (primary N) is 1. The number of benzene rings is 1. The molecule has 0 unspecified atom stereocenters. The molecule has 1 aromatic carbocycles. The smallest absolute Gasteiger partial charge is 0.155 e. The molecule has 0 aliphatic carbocycles. The Hall–Kier alpha value is -1.97. The Morgan fingerprint density at radius 1 is 1.20 bits per heavy atom. The van der Waals surface area contributed by atoms with Crippen molar-refractivity contribution in [3.8, 4) is 0 Å². The summed E-state index contributed by atoms with van der Waals surface area (Å²) >= 11 is 0. The summed E-state index contributed by atoms with van der Waals surface area (Å²) < 4.78 is 1.99. The van der Waals surface area contributed by atoms with Crippen molar-refractivity contribution in [3.05, 3.63) is 35.0 Å². The van der Waals surface area contributed by atoms with Crippen LogP contribution in [0.25, 0.3) is 0 Å². The lowest BCUT2D eigenvalue weighted by Gasteiger charge is -2.24. The summed E-state index contributed by atoms with van der Waals surface area (Å²) in [6, 6.07) is 6.72. The Bertz CT molecular complexity index is 626. The van der Waals surface area contributed by atoms with Crippen LogP contribution in [-0.2, 0) is 0 Å². The largest absolute Gasteiger partial charge is 0.394 e. The van der Waals surface area contributed by atoms with E-state index in [1.807, 2.05) is 18.7 Å². The number of nitrogen functional groups attached to an aromatic ring is 1. The fourth-order valence-electron chi connectivity index (χ4n) is 2.54. The minimum Gasteiger partial charge on any atom is -0.394 e. The molecule has 0 radical (unpaired) electrons. The van der Waals surface area contributed by atoms with E-state index < -0.39 is 0 Å². The quantitative estimate of drug-likeness (QED) is 0.926. The predicted octanol–water partition coefficient (Wildman–Crippen LogP) is 3.74. The van der Waals surface area contributed by atoms with Crippen molar-refractivity contribution < 1.29 is 0 Å². The molecule has 0 aliphatic heterocycles. The van der Waals surface area contributed by atoms with Gasteiger partial charge in [-0.1, -0.05) is 17.7 Å². The van der Waals surface area contributed by atoms with Crippen LogP contribution in [0.5, 0.6) is 0 Å². The SMILES string of the molecule is Cc1ccc(N(C)c2c(N)c(C)nn2C(C)C)c(C)c1. The molecule has 4 heteroatoms. The monoisotopic (exact) mass is 272 g/mol. The van der Waals surface area contributed by atoms with Crippen molar-refractivity contribution in [2.45, 2.75) is 40.7 Å². The Kier molecular flexibility index (Phi) is 3.75. The van der Waals surface area contributed by atoms with Gasteiger partial charge in [0.05, 0.1) is 11.4 Å². The highest BCUT2D eigenvalue weighted by Crippen LogP contribution is 2.34. The Balaban J connectivity index is 2.55. The third-order valence-corrected chi connectivity index (χ3v) is 3.63. The molecule has 2 N–H and O–H groups in total. The van der Waals surface area contributed by atoms with Crippen LogP contribution in [0.15, 0.2) is 18.2 Å². The minimum atomic E-state index is 0.272. The lowest BCUT2D eigenvalue weighted by Crippen LogP contribution is -2.18. The standard InChI is InChI=1S/C16H24N4/c1-10(2)20-16(15(17)13(5)18-20)19(6)14-8-7-11(3)9-12(14)4/h7-10H,17H2,1-6H3. The summed E-state index contributed by atoms with van der Waals surface area (Å²) in [5.41, 5.74) is 11.5. The van der Waals surface area contributed by atoms with Crippen molar-refractivity contribution in [3.63, 3.8) is 0 Å². The number of aromatic nitrogens is 2. The van der Waals surface area contributed by atoms with Crippen LogP contribution < -0.4 is 10.6 Å². The molecule has 2 aromatic rings. The van der Waals surface area contributed by atoms with Gasteiger partial charge in [0.25, 0.3) is 0 Å². The zero-order valence-corrected chi connectivity index (χ0v) is 13.2. The van der Waals surface area contributed by atoms with Crippen LogP contribution in [-0.4, -0.2) is 16.8 Å². The molecule has 1 aromatic heterocycles. The van der Waals surface area contributed by atoms with Gasteiger partial charge in [0, 0.05) is 18.8 Å². The van der Waals surface area contributed by atoms with E-state index in [-0.39, 0.29) is 6.04 Å². The highest BCUT2D eigenvalue weighted by molar-refractivity contribution is 5.74. The number of anilines is 3. The molecule has 0 atom stereocenters. The summed E-state index contributed by atoms with van der Waals surface area (Å²) in [4.78, 5) is 2.13. The van der Waals surface area contributed by atoms with Gasteiger partial charge in [-0.15, -0.1) is 0 Å². The zero-order chi connectivity index (χ0) is 15.0. The molecule has 0 fully saturated rings. The van der Waals surface area contributed by atoms with Gasteiger partial charge in [0.2, 0.25) is 0 Å². The van der Waals surface area contributed by atoms with Gasteiger partial charge in [-0.05, 0) is 46.2 Å². The normalized spacial score (nSPS) is 11.2. The molecule has 20 heavy (non-hydrogen) atoms. The summed E-state index contributed by atoms with van der Waals surface area (Å²) in [5, 5.41) is 4.55. The van der Waals surface area contributed by atoms with Crippen LogP contribution in [0.2, 0.25) is 0 Å². The summed E-state index contributed by atoms with van der Waals surface area (Å²) in [6.07, 6.45) is 0. The molecular weight excluding hydrogens is 248 g/mol. The Morgan fingerprint density at radius 2 is 1.85 bits per heavy atom. The van der Waals surface area contributed by atoms with Gasteiger partial charge in [0.1, 0.15) is 0 Å². The average molecular weight is 272 g/mol. The molecule has 0 aliphatic rings. The Labute approximate surface area is 121 Å². The predicted molar refractivity (Wildman–Crippen MR) is 85.7 cm³/mol. The lowest BCUT2D eigenvalue weighted by molar-refractivity contribution is 0.531. The molecular formula is C16H24N4. The van der Waals surface area contributed by atoms with Gasteiger partial charge in [-0.2, -0.15) is 5.10 Å². The Morgan fingerprint density at radius 3 is 2.40 bits per heavy atom. The van der Waals surface area contributed by atoms with Crippen LogP contribution in [0.4, 0.5) is 17.2 Å². The fraction of sp³-hybridized carbons (Fsp3) is 0.438. The second-order valence-electron chi connectivity index (χ2n) is 5.71. The van der Waals surface area contributed by atoms with Crippen molar-refractivity contribution in [1.29, 1.82) is 0 Å². The maximum absolute atomic E-state index is 6.23. The van der Waals surface area contributed by atoms with Crippen LogP contribution in [0.3, 0.4) is 0 Å². The van der Waals surface area contributed by atoms with Gasteiger partial charge in [-0.25, -0.2) is 4.68 Å². The molecule has 0 saturated heterocycles. The minimum absolute atomic E-state index is 0.272. The second-order valence-corrected chi connectivity index (χ2v) is 5.71. The zero-order valence-electron chi connectivity index (χ0n) is 13.2. The van der Waals surface area contributed by atoms with Crippen molar-refractivity contribution in [2.24, 2.45) is 0 Å². The first-order chi connectivity index (χ1) is 9.32. The summed E-state index contributed by atoms with van der Waals surface area (Å²) in [5.74, 6) is 0.962.